The molecule has 1 heterocycles. The third kappa shape index (κ3) is 8.31. The molecule has 0 aromatic rings. The van der Waals surface area contributed by atoms with Gasteiger partial charge in [-0.05, 0) is 6.42 Å². The number of rotatable bonds is 8. The van der Waals surface area contributed by atoms with Crippen molar-refractivity contribution in [1.82, 2.24) is 5.32 Å². The minimum absolute atomic E-state index is 0.135. The van der Waals surface area contributed by atoms with E-state index in [1.54, 1.807) is 0 Å². The van der Waals surface area contributed by atoms with Crippen LogP contribution in [-0.2, 0) is 48.2 Å². The van der Waals surface area contributed by atoms with Gasteiger partial charge in [-0.3, -0.25) is 23.7 Å². The molecule has 1 aliphatic heterocycles. The molecule has 14 heteroatoms. The van der Waals surface area contributed by atoms with Crippen LogP contribution in [0.2, 0.25) is 0 Å². The highest BCUT2D eigenvalue weighted by molar-refractivity contribution is 7.85. The van der Waals surface area contributed by atoms with Gasteiger partial charge in [-0.1, -0.05) is 0 Å². The smallest absolute Gasteiger partial charge is 0.305 e. The maximum atomic E-state index is 12.3. The molecule has 1 fully saturated rings. The fourth-order valence-corrected chi connectivity index (χ4v) is 3.02. The van der Waals surface area contributed by atoms with Crippen molar-refractivity contribution in [3.63, 3.8) is 0 Å². The fourth-order valence-electron chi connectivity index (χ4n) is 2.51. The number of ether oxygens (including phenoxy) is 4. The van der Waals surface area contributed by atoms with Crippen molar-refractivity contribution in [3.05, 3.63) is 0 Å². The third-order valence-corrected chi connectivity index (χ3v) is 4.35. The van der Waals surface area contributed by atoms with Crippen LogP contribution in [0.4, 0.5) is 0 Å². The zero-order valence-electron chi connectivity index (χ0n) is 15.9. The topological polar surface area (TPSA) is 192 Å². The number of amides is 1. The van der Waals surface area contributed by atoms with Crippen LogP contribution in [0.1, 0.15) is 27.2 Å². The molecular weight excluding hydrogens is 418 g/mol. The first-order chi connectivity index (χ1) is 13.3. The Balaban J connectivity index is 3.00. The van der Waals surface area contributed by atoms with Gasteiger partial charge in [0.2, 0.25) is 12.4 Å². The van der Waals surface area contributed by atoms with Gasteiger partial charge in [0.1, 0.15) is 6.10 Å². The number of aliphatic hydroxyl groups excluding tert-OH is 1. The van der Waals surface area contributed by atoms with E-state index in [-0.39, 0.29) is 13.0 Å². The number of esters is 3. The zero-order chi connectivity index (χ0) is 22.4. The number of carbonyl (C=O) groups is 4. The largest absolute Gasteiger partial charge is 0.455 e. The quantitative estimate of drug-likeness (QED) is 0.161. The Bertz CT molecular complexity index is 736. The predicted molar refractivity (Wildman–Crippen MR) is 91.6 cm³/mol. The maximum absolute atomic E-state index is 12.3. The SMILES string of the molecule is CC(=O)O[C@@H]1O[C@H](C(=O)NCCCS(=O)(=O)O)[C@@H](O)[C@H](OC(C)=O)[C@H]1OC(C)=O. The number of hydrogen-bond donors (Lipinski definition) is 3. The van der Waals surface area contributed by atoms with Gasteiger partial charge < -0.3 is 29.4 Å². The standard InChI is InChI=1S/C15H23NO12S/c1-7(17)25-11-10(20)12(14(21)16-5-4-6-29(22,23)24)28-15(27-9(3)19)13(11)26-8(2)18/h10-13,15,20H,4-6H2,1-3H3,(H,16,21)(H,22,23,24)/t10-,11-,12-,13+,15+/m0/s1. The third-order valence-electron chi connectivity index (χ3n) is 3.54. The van der Waals surface area contributed by atoms with Gasteiger partial charge in [-0.25, -0.2) is 0 Å². The van der Waals surface area contributed by atoms with Crippen LogP contribution in [0.15, 0.2) is 0 Å². The first-order valence-corrected chi connectivity index (χ1v) is 10.0. The lowest BCUT2D eigenvalue weighted by molar-refractivity contribution is -0.288. The van der Waals surface area contributed by atoms with Gasteiger partial charge in [0.25, 0.3) is 16.0 Å². The van der Waals surface area contributed by atoms with E-state index < -0.39 is 70.4 Å². The van der Waals surface area contributed by atoms with E-state index in [1.807, 2.05) is 0 Å². The second-order valence-corrected chi connectivity index (χ2v) is 7.68. The summed E-state index contributed by atoms with van der Waals surface area (Å²) >= 11 is 0. The second kappa shape index (κ2) is 10.5. The van der Waals surface area contributed by atoms with Crippen molar-refractivity contribution < 1.29 is 56.2 Å². The lowest BCUT2D eigenvalue weighted by Crippen LogP contribution is -2.64. The molecule has 0 bridgehead atoms. The summed E-state index contributed by atoms with van der Waals surface area (Å²) in [7, 11) is -4.22. The van der Waals surface area contributed by atoms with Gasteiger partial charge in [0.15, 0.2) is 12.2 Å². The Hall–Kier alpha value is -2.29. The van der Waals surface area contributed by atoms with Gasteiger partial charge in [0, 0.05) is 27.3 Å². The molecule has 1 saturated heterocycles. The molecule has 5 atom stereocenters. The number of aliphatic hydroxyl groups is 1. The summed E-state index contributed by atoms with van der Waals surface area (Å²) in [5, 5.41) is 12.7. The van der Waals surface area contributed by atoms with Crippen molar-refractivity contribution in [1.29, 1.82) is 0 Å². The number of hydrogen-bond acceptors (Lipinski definition) is 11. The molecule has 0 radical (unpaired) electrons. The summed E-state index contributed by atoms with van der Waals surface area (Å²) in [6, 6.07) is 0. The molecule has 0 saturated carbocycles. The summed E-state index contributed by atoms with van der Waals surface area (Å²) in [6.45, 7) is 2.85. The van der Waals surface area contributed by atoms with Crippen LogP contribution in [0.5, 0.6) is 0 Å². The van der Waals surface area contributed by atoms with Crippen LogP contribution >= 0.6 is 0 Å². The predicted octanol–water partition coefficient (Wildman–Crippen LogP) is -2.11. The van der Waals surface area contributed by atoms with Crippen molar-refractivity contribution >= 4 is 33.9 Å². The van der Waals surface area contributed by atoms with E-state index in [9.17, 15) is 32.7 Å². The zero-order valence-corrected chi connectivity index (χ0v) is 16.7. The molecule has 0 unspecified atom stereocenters. The monoisotopic (exact) mass is 441 g/mol. The van der Waals surface area contributed by atoms with E-state index >= 15 is 0 Å². The molecule has 29 heavy (non-hydrogen) atoms. The maximum Gasteiger partial charge on any atom is 0.305 e. The normalized spacial score (nSPS) is 26.9. The summed E-state index contributed by atoms with van der Waals surface area (Å²) in [5.74, 6) is -4.14. The average molecular weight is 441 g/mol. The van der Waals surface area contributed by atoms with Crippen molar-refractivity contribution in [2.75, 3.05) is 12.3 Å². The first-order valence-electron chi connectivity index (χ1n) is 8.40. The molecule has 0 aliphatic carbocycles. The Morgan fingerprint density at radius 2 is 1.48 bits per heavy atom. The highest BCUT2D eigenvalue weighted by Crippen LogP contribution is 2.27. The average Bonchev–Trinajstić information content (AvgIpc) is 2.55. The summed E-state index contributed by atoms with van der Waals surface area (Å²) in [6.07, 6.45) is -8.46. The molecular formula is C15H23NO12S. The molecule has 1 rings (SSSR count). The van der Waals surface area contributed by atoms with Gasteiger partial charge in [-0.2, -0.15) is 8.42 Å². The minimum atomic E-state index is -4.22. The van der Waals surface area contributed by atoms with Crippen LogP contribution < -0.4 is 5.32 Å². The Labute approximate surface area is 166 Å². The molecule has 1 aliphatic rings. The highest BCUT2D eigenvalue weighted by atomic mass is 32.2. The number of carbonyl (C=O) groups excluding carboxylic acids is 4. The highest BCUT2D eigenvalue weighted by Gasteiger charge is 2.53. The van der Waals surface area contributed by atoms with E-state index in [0.29, 0.717) is 0 Å². The van der Waals surface area contributed by atoms with Crippen LogP contribution in [0.25, 0.3) is 0 Å². The molecule has 0 spiro atoms. The summed E-state index contributed by atoms with van der Waals surface area (Å²) < 4.78 is 50.1. The molecule has 13 nitrogen and oxygen atoms in total. The molecule has 0 aromatic carbocycles. The number of nitrogens with one attached hydrogen (secondary N) is 1. The second-order valence-electron chi connectivity index (χ2n) is 6.10. The van der Waals surface area contributed by atoms with E-state index in [1.165, 1.54) is 0 Å². The Morgan fingerprint density at radius 1 is 0.966 bits per heavy atom. The van der Waals surface area contributed by atoms with Gasteiger partial charge >= 0.3 is 17.9 Å². The fraction of sp³-hybridized carbons (Fsp3) is 0.733. The molecule has 0 aromatic heterocycles. The Kier molecular flexibility index (Phi) is 8.94. The van der Waals surface area contributed by atoms with Crippen LogP contribution in [-0.4, -0.2) is 84.9 Å². The lowest BCUT2D eigenvalue weighted by Gasteiger charge is -2.41. The van der Waals surface area contributed by atoms with Gasteiger partial charge in [-0.15, -0.1) is 0 Å². The van der Waals surface area contributed by atoms with Gasteiger partial charge in [0.05, 0.1) is 5.75 Å². The van der Waals surface area contributed by atoms with E-state index in [0.717, 1.165) is 20.8 Å². The summed E-state index contributed by atoms with van der Waals surface area (Å²) in [5.41, 5.74) is 0. The van der Waals surface area contributed by atoms with Crippen molar-refractivity contribution in [2.45, 2.75) is 57.9 Å². The Morgan fingerprint density at radius 3 is 1.97 bits per heavy atom. The lowest BCUT2D eigenvalue weighted by atomic mass is 9.97. The van der Waals surface area contributed by atoms with Crippen LogP contribution in [0, 0.1) is 0 Å². The van der Waals surface area contributed by atoms with Crippen molar-refractivity contribution in [2.24, 2.45) is 0 Å². The van der Waals surface area contributed by atoms with E-state index in [4.69, 9.17) is 23.5 Å². The molecule has 1 amide bonds. The first kappa shape index (κ1) is 24.7. The van der Waals surface area contributed by atoms with Crippen LogP contribution in [0.3, 0.4) is 0 Å². The molecule has 166 valence electrons. The van der Waals surface area contributed by atoms with E-state index in [2.05, 4.69) is 5.32 Å². The van der Waals surface area contributed by atoms with Crippen molar-refractivity contribution in [3.8, 4) is 0 Å². The summed E-state index contributed by atoms with van der Waals surface area (Å²) in [4.78, 5) is 46.4. The molecule has 3 N–H and O–H groups in total. The minimum Gasteiger partial charge on any atom is -0.455 e.